The Labute approximate surface area is 259 Å². The normalized spacial score (nSPS) is 14.6. The molecule has 43 heavy (non-hydrogen) atoms. The van der Waals surface area contributed by atoms with Crippen LogP contribution >= 0.6 is 11.6 Å². The fraction of sp³-hybridized carbons (Fsp3) is 0.394. The predicted octanol–water partition coefficient (Wildman–Crippen LogP) is 6.11. The van der Waals surface area contributed by atoms with Crippen LogP contribution in [0.3, 0.4) is 0 Å². The minimum absolute atomic E-state index is 0.00970. The number of hydrogen-bond donors (Lipinski definition) is 1. The van der Waals surface area contributed by atoms with Gasteiger partial charge in [0.25, 0.3) is 0 Å². The van der Waals surface area contributed by atoms with Crippen LogP contribution in [0.2, 0.25) is 5.02 Å². The van der Waals surface area contributed by atoms with E-state index in [-0.39, 0.29) is 49.6 Å². The van der Waals surface area contributed by atoms with Crippen LogP contribution in [0.5, 0.6) is 0 Å². The summed E-state index contributed by atoms with van der Waals surface area (Å²) in [5.74, 6) is -0.897. The van der Waals surface area contributed by atoms with Crippen molar-refractivity contribution in [1.82, 2.24) is 10.2 Å². The Balaban J connectivity index is 1.58. The monoisotopic (exact) mass is 627 g/mol. The Kier molecular flexibility index (Phi) is 11.6. The number of sulfonamides is 1. The maximum Gasteiger partial charge on any atom is 0.243 e. The second-order valence-corrected chi connectivity index (χ2v) is 13.5. The van der Waals surface area contributed by atoms with Crippen LogP contribution in [0.4, 0.5) is 10.1 Å². The van der Waals surface area contributed by atoms with Crippen molar-refractivity contribution in [3.63, 3.8) is 0 Å². The van der Waals surface area contributed by atoms with Gasteiger partial charge in [0.05, 0.1) is 11.9 Å². The number of carbonyl (C=O) groups is 2. The van der Waals surface area contributed by atoms with Gasteiger partial charge in [-0.05, 0) is 60.7 Å². The van der Waals surface area contributed by atoms with Gasteiger partial charge >= 0.3 is 0 Å². The van der Waals surface area contributed by atoms with Crippen molar-refractivity contribution >= 4 is 39.1 Å². The van der Waals surface area contributed by atoms with Crippen molar-refractivity contribution in [3.05, 3.63) is 101 Å². The third-order valence-electron chi connectivity index (χ3n) is 7.74. The number of rotatable bonds is 13. The molecule has 3 aromatic carbocycles. The summed E-state index contributed by atoms with van der Waals surface area (Å²) in [6.45, 7) is 0.172. The maximum atomic E-state index is 13.9. The molecule has 1 N–H and O–H groups in total. The lowest BCUT2D eigenvalue weighted by Gasteiger charge is -2.34. The summed E-state index contributed by atoms with van der Waals surface area (Å²) < 4.78 is 40.2. The first kappa shape index (κ1) is 32.5. The molecule has 0 heterocycles. The van der Waals surface area contributed by atoms with Crippen molar-refractivity contribution in [2.24, 2.45) is 0 Å². The molecule has 0 spiro atoms. The van der Waals surface area contributed by atoms with Crippen LogP contribution in [0.25, 0.3) is 0 Å². The van der Waals surface area contributed by atoms with Crippen molar-refractivity contribution < 1.29 is 22.4 Å². The lowest BCUT2D eigenvalue weighted by atomic mass is 9.94. The average Bonchev–Trinajstić information content (AvgIpc) is 2.98. The molecule has 0 saturated heterocycles. The molecule has 1 fully saturated rings. The summed E-state index contributed by atoms with van der Waals surface area (Å²) in [5.41, 5.74) is 2.02. The molecule has 0 radical (unpaired) electrons. The summed E-state index contributed by atoms with van der Waals surface area (Å²) >= 11 is 6.11. The van der Waals surface area contributed by atoms with E-state index in [0.717, 1.165) is 43.9 Å². The zero-order chi connectivity index (χ0) is 30.8. The van der Waals surface area contributed by atoms with Crippen LogP contribution in [0.1, 0.15) is 56.1 Å². The number of nitrogens with zero attached hydrogens (tertiary/aromatic N) is 2. The second kappa shape index (κ2) is 15.3. The van der Waals surface area contributed by atoms with Crippen molar-refractivity contribution in [2.45, 2.75) is 70.0 Å². The summed E-state index contributed by atoms with van der Waals surface area (Å²) in [4.78, 5) is 29.4. The first-order chi connectivity index (χ1) is 20.6. The Morgan fingerprint density at radius 3 is 2.30 bits per heavy atom. The van der Waals surface area contributed by atoms with Gasteiger partial charge in [-0.3, -0.25) is 13.9 Å². The van der Waals surface area contributed by atoms with E-state index in [4.69, 9.17) is 11.6 Å². The van der Waals surface area contributed by atoms with E-state index >= 15 is 0 Å². The molecule has 0 bridgehead atoms. The van der Waals surface area contributed by atoms with E-state index in [2.05, 4.69) is 5.32 Å². The molecule has 1 saturated carbocycles. The van der Waals surface area contributed by atoms with Crippen LogP contribution in [0, 0.1) is 5.82 Å². The molecule has 0 aliphatic heterocycles. The van der Waals surface area contributed by atoms with Gasteiger partial charge in [0, 0.05) is 37.0 Å². The largest absolute Gasteiger partial charge is 0.352 e. The lowest BCUT2D eigenvalue weighted by molar-refractivity contribution is -0.141. The van der Waals surface area contributed by atoms with Crippen molar-refractivity contribution in [3.8, 4) is 0 Å². The zero-order valence-electron chi connectivity index (χ0n) is 24.4. The Hall–Kier alpha value is -3.43. The first-order valence-electron chi connectivity index (χ1n) is 14.7. The average molecular weight is 628 g/mol. The number of anilines is 1. The highest BCUT2D eigenvalue weighted by Gasteiger charge is 2.32. The minimum atomic E-state index is -3.64. The van der Waals surface area contributed by atoms with Crippen molar-refractivity contribution in [2.75, 3.05) is 17.1 Å². The summed E-state index contributed by atoms with van der Waals surface area (Å²) in [7, 11) is -3.64. The number of hydrogen-bond acceptors (Lipinski definition) is 4. The zero-order valence-corrected chi connectivity index (χ0v) is 26.0. The minimum Gasteiger partial charge on any atom is -0.352 e. The van der Waals surface area contributed by atoms with Crippen LogP contribution < -0.4 is 9.62 Å². The molecule has 2 amide bonds. The topological polar surface area (TPSA) is 86.8 Å². The number of carbonyl (C=O) groups excluding carboxylic acids is 2. The molecule has 1 aliphatic carbocycles. The van der Waals surface area contributed by atoms with Gasteiger partial charge in [-0.1, -0.05) is 79.4 Å². The summed E-state index contributed by atoms with van der Waals surface area (Å²) in [6, 6.07) is 21.2. The van der Waals surface area contributed by atoms with E-state index in [1.165, 1.54) is 16.4 Å². The highest BCUT2D eigenvalue weighted by molar-refractivity contribution is 7.92. The number of nitrogens with one attached hydrogen (secondary N) is 1. The molecule has 7 nitrogen and oxygen atoms in total. The molecule has 3 aromatic rings. The van der Waals surface area contributed by atoms with Gasteiger partial charge in [-0.2, -0.15) is 0 Å². The van der Waals surface area contributed by atoms with E-state index in [1.807, 2.05) is 30.3 Å². The van der Waals surface area contributed by atoms with Gasteiger partial charge in [0.1, 0.15) is 11.9 Å². The maximum absolute atomic E-state index is 13.9. The van der Waals surface area contributed by atoms with Gasteiger partial charge in [0.2, 0.25) is 21.8 Å². The first-order valence-corrected chi connectivity index (χ1v) is 16.9. The predicted molar refractivity (Wildman–Crippen MR) is 169 cm³/mol. The molecular formula is C33H39ClFN3O4S. The third kappa shape index (κ3) is 9.79. The highest BCUT2D eigenvalue weighted by atomic mass is 35.5. The van der Waals surface area contributed by atoms with Gasteiger partial charge in [-0.25, -0.2) is 12.8 Å². The van der Waals surface area contributed by atoms with Crippen LogP contribution in [0.15, 0.2) is 78.9 Å². The molecule has 0 unspecified atom stereocenters. The fourth-order valence-corrected chi connectivity index (χ4v) is 6.66. The number of halogens is 2. The van der Waals surface area contributed by atoms with Gasteiger partial charge in [0.15, 0.2) is 0 Å². The van der Waals surface area contributed by atoms with Gasteiger partial charge in [-0.15, -0.1) is 0 Å². The van der Waals surface area contributed by atoms with Gasteiger partial charge < -0.3 is 10.2 Å². The summed E-state index contributed by atoms with van der Waals surface area (Å²) in [5, 5.41) is 3.60. The smallest absolute Gasteiger partial charge is 0.243 e. The molecule has 4 rings (SSSR count). The number of benzene rings is 3. The third-order valence-corrected chi connectivity index (χ3v) is 9.17. The Bertz CT molecular complexity index is 1460. The van der Waals surface area contributed by atoms with E-state index in [0.29, 0.717) is 22.7 Å². The van der Waals surface area contributed by atoms with E-state index in [1.54, 1.807) is 41.3 Å². The SMILES string of the molecule is CS(=O)(=O)N(CCCC(=O)N(Cc1ccc(F)cc1)[C@H](Cc1ccccc1)C(=O)NC1CCCCC1)c1cccc(Cl)c1. The standard InChI is InChI=1S/C33H39ClFN3O4S/c1-43(41,42)38(30-15-8-12-27(34)23-30)21-9-16-32(39)37(24-26-17-19-28(35)20-18-26)31(22-25-10-4-2-5-11-25)33(40)36-29-13-6-3-7-14-29/h2,4-5,8,10-12,15,17-20,23,29,31H,3,6-7,9,13-14,16,21-22,24H2,1H3,(H,36,40)/t31-/m1/s1. The van der Waals surface area contributed by atoms with Crippen molar-refractivity contribution in [1.29, 1.82) is 0 Å². The quantitative estimate of drug-likeness (QED) is 0.248. The van der Waals surface area contributed by atoms with Crippen LogP contribution in [-0.4, -0.2) is 50.0 Å². The second-order valence-electron chi connectivity index (χ2n) is 11.1. The highest BCUT2D eigenvalue weighted by Crippen LogP contribution is 2.24. The Morgan fingerprint density at radius 1 is 0.953 bits per heavy atom. The molecule has 1 atom stereocenters. The van der Waals surface area contributed by atoms with E-state index < -0.39 is 16.1 Å². The number of amides is 2. The fourth-order valence-electron chi connectivity index (χ4n) is 5.52. The Morgan fingerprint density at radius 2 is 1.65 bits per heavy atom. The molecule has 10 heteroatoms. The molecule has 1 aliphatic rings. The molecule has 0 aromatic heterocycles. The van der Waals surface area contributed by atoms with E-state index in [9.17, 15) is 22.4 Å². The van der Waals surface area contributed by atoms with Crippen LogP contribution in [-0.2, 0) is 32.6 Å². The lowest BCUT2D eigenvalue weighted by Crippen LogP contribution is -2.52. The molecule has 230 valence electrons. The molecular weight excluding hydrogens is 589 g/mol. The summed E-state index contributed by atoms with van der Waals surface area (Å²) in [6.07, 6.45) is 6.71.